The maximum Gasteiger partial charge on any atom is 0.245 e. The molecule has 1 atom stereocenters. The van der Waals surface area contributed by atoms with Crippen molar-refractivity contribution in [2.75, 3.05) is 25.1 Å². The topological polar surface area (TPSA) is 49.4 Å². The van der Waals surface area contributed by atoms with Gasteiger partial charge in [-0.15, -0.1) is 11.8 Å². The van der Waals surface area contributed by atoms with Gasteiger partial charge in [0, 0.05) is 19.3 Å². The molecule has 1 heterocycles. The van der Waals surface area contributed by atoms with Crippen LogP contribution in [0, 0.1) is 0 Å². The Kier molecular flexibility index (Phi) is 4.94. The Hall–Kier alpha value is -0.710. The number of rotatable bonds is 4. The standard InChI is InChI=1S/C10H18N2O2S/c1-3-4-5-12(2)10(14)8-6-15-7-9(13)11-8/h8H,3-7H2,1-2H3,(H,11,13). The molecule has 1 fully saturated rings. The molecule has 15 heavy (non-hydrogen) atoms. The van der Waals surface area contributed by atoms with Gasteiger partial charge in [0.2, 0.25) is 11.8 Å². The summed E-state index contributed by atoms with van der Waals surface area (Å²) in [5.74, 6) is 1.17. The summed E-state index contributed by atoms with van der Waals surface area (Å²) in [5, 5.41) is 2.72. The van der Waals surface area contributed by atoms with Crippen molar-refractivity contribution < 1.29 is 9.59 Å². The number of carbonyl (C=O) groups excluding carboxylic acids is 2. The molecule has 1 N–H and O–H groups in total. The highest BCUT2D eigenvalue weighted by molar-refractivity contribution is 8.00. The normalized spacial score (nSPS) is 20.9. The molecular formula is C10H18N2O2S. The van der Waals surface area contributed by atoms with E-state index in [2.05, 4.69) is 12.2 Å². The molecule has 5 heteroatoms. The maximum absolute atomic E-state index is 11.8. The van der Waals surface area contributed by atoms with Crippen molar-refractivity contribution in [3.63, 3.8) is 0 Å². The highest BCUT2D eigenvalue weighted by Crippen LogP contribution is 2.10. The number of unbranched alkanes of at least 4 members (excludes halogenated alkanes) is 1. The Bertz CT molecular complexity index is 246. The molecule has 1 unspecified atom stereocenters. The van der Waals surface area contributed by atoms with E-state index in [1.54, 1.807) is 11.9 Å². The van der Waals surface area contributed by atoms with Crippen molar-refractivity contribution in [3.05, 3.63) is 0 Å². The summed E-state index contributed by atoms with van der Waals surface area (Å²) in [6.07, 6.45) is 2.08. The van der Waals surface area contributed by atoms with Crippen LogP contribution in [0.25, 0.3) is 0 Å². The summed E-state index contributed by atoms with van der Waals surface area (Å²) in [6.45, 7) is 2.86. The van der Waals surface area contributed by atoms with Gasteiger partial charge in [-0.05, 0) is 6.42 Å². The molecule has 1 aliphatic rings. The van der Waals surface area contributed by atoms with Crippen molar-refractivity contribution in [1.29, 1.82) is 0 Å². The lowest BCUT2D eigenvalue weighted by Crippen LogP contribution is -2.52. The van der Waals surface area contributed by atoms with Gasteiger partial charge >= 0.3 is 0 Å². The van der Waals surface area contributed by atoms with Gasteiger partial charge in [0.25, 0.3) is 0 Å². The summed E-state index contributed by atoms with van der Waals surface area (Å²) < 4.78 is 0. The number of nitrogens with one attached hydrogen (secondary N) is 1. The number of carbonyl (C=O) groups is 2. The van der Waals surface area contributed by atoms with Crippen LogP contribution in [0.5, 0.6) is 0 Å². The molecule has 0 aliphatic carbocycles. The quantitative estimate of drug-likeness (QED) is 0.764. The Morgan fingerprint density at radius 1 is 1.67 bits per heavy atom. The van der Waals surface area contributed by atoms with E-state index < -0.39 is 0 Å². The number of hydrogen-bond acceptors (Lipinski definition) is 3. The fourth-order valence-electron chi connectivity index (χ4n) is 1.45. The molecule has 0 spiro atoms. The number of likely N-dealkylation sites (N-methyl/N-ethyl adjacent to an activating group) is 1. The van der Waals surface area contributed by atoms with Crippen LogP contribution in [0.1, 0.15) is 19.8 Å². The number of thioether (sulfide) groups is 1. The summed E-state index contributed by atoms with van der Waals surface area (Å²) in [7, 11) is 1.80. The molecule has 1 aliphatic heterocycles. The van der Waals surface area contributed by atoms with E-state index in [0.29, 0.717) is 11.5 Å². The third kappa shape index (κ3) is 3.74. The monoisotopic (exact) mass is 230 g/mol. The Morgan fingerprint density at radius 3 is 3.00 bits per heavy atom. The minimum absolute atomic E-state index is 0.0315. The van der Waals surface area contributed by atoms with Crippen LogP contribution in [0.2, 0.25) is 0 Å². The molecule has 0 aromatic carbocycles. The van der Waals surface area contributed by atoms with E-state index in [-0.39, 0.29) is 17.9 Å². The van der Waals surface area contributed by atoms with Gasteiger partial charge in [0.1, 0.15) is 6.04 Å². The fraction of sp³-hybridized carbons (Fsp3) is 0.800. The van der Waals surface area contributed by atoms with E-state index in [9.17, 15) is 9.59 Å². The van der Waals surface area contributed by atoms with Crippen molar-refractivity contribution in [3.8, 4) is 0 Å². The minimum atomic E-state index is -0.321. The third-order valence-electron chi connectivity index (χ3n) is 2.37. The maximum atomic E-state index is 11.8. The van der Waals surface area contributed by atoms with E-state index >= 15 is 0 Å². The lowest BCUT2D eigenvalue weighted by Gasteiger charge is -2.26. The lowest BCUT2D eigenvalue weighted by molar-refractivity contribution is -0.134. The molecule has 1 rings (SSSR count). The van der Waals surface area contributed by atoms with Crippen molar-refractivity contribution in [2.45, 2.75) is 25.8 Å². The average Bonchev–Trinajstić information content (AvgIpc) is 2.24. The van der Waals surface area contributed by atoms with Gasteiger partial charge in [0.05, 0.1) is 5.75 Å². The first-order valence-electron chi connectivity index (χ1n) is 5.27. The molecule has 1 saturated heterocycles. The summed E-state index contributed by atoms with van der Waals surface area (Å²) in [4.78, 5) is 24.7. The second kappa shape index (κ2) is 6.00. The molecule has 0 saturated carbocycles. The number of amides is 2. The minimum Gasteiger partial charge on any atom is -0.344 e. The Morgan fingerprint density at radius 2 is 2.40 bits per heavy atom. The van der Waals surface area contributed by atoms with Gasteiger partial charge in [0.15, 0.2) is 0 Å². The average molecular weight is 230 g/mol. The van der Waals surface area contributed by atoms with Crippen LogP contribution in [0.3, 0.4) is 0 Å². The van der Waals surface area contributed by atoms with Crippen molar-refractivity contribution in [2.24, 2.45) is 0 Å². The van der Waals surface area contributed by atoms with Gasteiger partial charge in [-0.1, -0.05) is 13.3 Å². The van der Waals surface area contributed by atoms with Crippen LogP contribution in [0.4, 0.5) is 0 Å². The van der Waals surface area contributed by atoms with Gasteiger partial charge in [-0.25, -0.2) is 0 Å². The summed E-state index contributed by atoms with van der Waals surface area (Å²) in [5.41, 5.74) is 0. The summed E-state index contributed by atoms with van der Waals surface area (Å²) in [6, 6.07) is -0.321. The second-order valence-corrected chi connectivity index (χ2v) is 4.78. The zero-order chi connectivity index (χ0) is 11.3. The zero-order valence-corrected chi connectivity index (χ0v) is 10.1. The van der Waals surface area contributed by atoms with E-state index in [1.165, 1.54) is 11.8 Å². The zero-order valence-electron chi connectivity index (χ0n) is 9.28. The lowest BCUT2D eigenvalue weighted by atomic mass is 10.2. The van der Waals surface area contributed by atoms with E-state index in [1.807, 2.05) is 0 Å². The largest absolute Gasteiger partial charge is 0.344 e. The SMILES string of the molecule is CCCCN(C)C(=O)C1CSCC(=O)N1. The smallest absolute Gasteiger partial charge is 0.245 e. The van der Waals surface area contributed by atoms with Gasteiger partial charge < -0.3 is 10.2 Å². The van der Waals surface area contributed by atoms with E-state index in [4.69, 9.17) is 0 Å². The number of nitrogens with zero attached hydrogens (tertiary/aromatic N) is 1. The summed E-state index contributed by atoms with van der Waals surface area (Å²) >= 11 is 1.52. The first-order chi connectivity index (χ1) is 7.15. The van der Waals surface area contributed by atoms with Crippen LogP contribution < -0.4 is 5.32 Å². The van der Waals surface area contributed by atoms with Crippen LogP contribution in [-0.4, -0.2) is 47.9 Å². The predicted octanol–water partition coefficient (Wildman–Crippen LogP) is 0.476. The highest BCUT2D eigenvalue weighted by atomic mass is 32.2. The second-order valence-electron chi connectivity index (χ2n) is 3.75. The van der Waals surface area contributed by atoms with Gasteiger partial charge in [-0.3, -0.25) is 9.59 Å². The molecule has 0 aromatic heterocycles. The van der Waals surface area contributed by atoms with Crippen LogP contribution >= 0.6 is 11.8 Å². The molecule has 0 bridgehead atoms. The van der Waals surface area contributed by atoms with Gasteiger partial charge in [-0.2, -0.15) is 0 Å². The third-order valence-corrected chi connectivity index (χ3v) is 3.41. The first-order valence-corrected chi connectivity index (χ1v) is 6.42. The molecule has 2 amide bonds. The molecule has 0 aromatic rings. The van der Waals surface area contributed by atoms with Crippen LogP contribution in [0.15, 0.2) is 0 Å². The molecule has 86 valence electrons. The Labute approximate surface area is 94.8 Å². The molecular weight excluding hydrogens is 212 g/mol. The number of hydrogen-bond donors (Lipinski definition) is 1. The molecule has 4 nitrogen and oxygen atoms in total. The van der Waals surface area contributed by atoms with E-state index in [0.717, 1.165) is 19.4 Å². The predicted molar refractivity (Wildman–Crippen MR) is 61.8 cm³/mol. The Balaban J connectivity index is 2.40. The highest BCUT2D eigenvalue weighted by Gasteiger charge is 2.26. The van der Waals surface area contributed by atoms with Crippen LogP contribution in [-0.2, 0) is 9.59 Å². The first kappa shape index (κ1) is 12.4. The van der Waals surface area contributed by atoms with Crippen molar-refractivity contribution >= 4 is 23.6 Å². The molecule has 0 radical (unpaired) electrons. The fourth-order valence-corrected chi connectivity index (χ4v) is 2.30. The van der Waals surface area contributed by atoms with Crippen molar-refractivity contribution in [1.82, 2.24) is 10.2 Å².